The molecule has 0 saturated heterocycles. The maximum absolute atomic E-state index is 11.9. The molecule has 3 heteroatoms. The highest BCUT2D eigenvalue weighted by molar-refractivity contribution is 5.39. The summed E-state index contributed by atoms with van der Waals surface area (Å²) >= 11 is 0. The Bertz CT molecular complexity index is 466. The van der Waals surface area contributed by atoms with Gasteiger partial charge in [0.1, 0.15) is 11.6 Å². The van der Waals surface area contributed by atoms with Gasteiger partial charge < -0.3 is 4.57 Å². The summed E-state index contributed by atoms with van der Waals surface area (Å²) in [5, 5.41) is 8.94. The fourth-order valence-corrected chi connectivity index (χ4v) is 1.51. The minimum absolute atomic E-state index is 0.142. The maximum Gasteiger partial charge on any atom is 0.268 e. The predicted octanol–water partition coefficient (Wildman–Crippen LogP) is 2.31. The van der Waals surface area contributed by atoms with E-state index in [1.807, 2.05) is 40.0 Å². The van der Waals surface area contributed by atoms with Crippen molar-refractivity contribution in [2.45, 2.75) is 40.2 Å². The third-order valence-corrected chi connectivity index (χ3v) is 2.93. The van der Waals surface area contributed by atoms with Gasteiger partial charge in [-0.25, -0.2) is 0 Å². The van der Waals surface area contributed by atoms with E-state index in [2.05, 4.69) is 0 Å². The number of hydrogen-bond donors (Lipinski definition) is 0. The quantitative estimate of drug-likeness (QED) is 0.742. The van der Waals surface area contributed by atoms with Crippen molar-refractivity contribution in [3.05, 3.63) is 33.2 Å². The Morgan fingerprint density at radius 1 is 1.53 bits per heavy atom. The average molecular weight is 204 g/mol. The largest absolute Gasteiger partial charge is 0.311 e. The molecular formula is C12H16N2O. The average Bonchev–Trinajstić information content (AvgIpc) is 2.23. The van der Waals surface area contributed by atoms with Crippen molar-refractivity contribution >= 4 is 0 Å². The zero-order valence-corrected chi connectivity index (χ0v) is 9.66. The fraction of sp³-hybridized carbons (Fsp3) is 0.500. The topological polar surface area (TPSA) is 45.8 Å². The molecule has 0 aliphatic rings. The standard InChI is InChI=1S/C12H16N2O/c1-5-9(3)14-7-8(2)10(4)11(6-13)12(14)15/h7,9H,5H2,1-4H3. The highest BCUT2D eigenvalue weighted by Gasteiger charge is 2.12. The smallest absolute Gasteiger partial charge is 0.268 e. The van der Waals surface area contributed by atoms with E-state index in [1.54, 1.807) is 4.57 Å². The molecule has 0 spiro atoms. The van der Waals surface area contributed by atoms with Crippen molar-refractivity contribution < 1.29 is 0 Å². The first-order valence-corrected chi connectivity index (χ1v) is 5.15. The molecular weight excluding hydrogens is 188 g/mol. The minimum atomic E-state index is -0.171. The monoisotopic (exact) mass is 204 g/mol. The Labute approximate surface area is 90.0 Å². The van der Waals surface area contributed by atoms with Crippen molar-refractivity contribution in [2.24, 2.45) is 0 Å². The van der Waals surface area contributed by atoms with E-state index < -0.39 is 0 Å². The number of hydrogen-bond acceptors (Lipinski definition) is 2. The summed E-state index contributed by atoms with van der Waals surface area (Å²) in [6, 6.07) is 2.13. The van der Waals surface area contributed by atoms with Crippen LogP contribution in [0.5, 0.6) is 0 Å². The second kappa shape index (κ2) is 4.31. The van der Waals surface area contributed by atoms with Crippen molar-refractivity contribution in [3.63, 3.8) is 0 Å². The van der Waals surface area contributed by atoms with E-state index in [0.717, 1.165) is 17.5 Å². The van der Waals surface area contributed by atoms with Crippen LogP contribution in [0.3, 0.4) is 0 Å². The normalized spacial score (nSPS) is 12.2. The van der Waals surface area contributed by atoms with Crippen molar-refractivity contribution in [1.82, 2.24) is 4.57 Å². The first kappa shape index (κ1) is 11.5. The highest BCUT2D eigenvalue weighted by Crippen LogP contribution is 2.13. The molecule has 1 atom stereocenters. The van der Waals surface area contributed by atoms with Gasteiger partial charge in [0.15, 0.2) is 0 Å². The van der Waals surface area contributed by atoms with Crippen molar-refractivity contribution in [2.75, 3.05) is 0 Å². The van der Waals surface area contributed by atoms with Crippen LogP contribution in [0.4, 0.5) is 0 Å². The lowest BCUT2D eigenvalue weighted by Crippen LogP contribution is -2.26. The number of aryl methyl sites for hydroxylation is 1. The molecule has 0 bridgehead atoms. The molecule has 0 aliphatic carbocycles. The second-order valence-corrected chi connectivity index (χ2v) is 3.89. The Balaban J connectivity index is 3.53. The Morgan fingerprint density at radius 2 is 2.13 bits per heavy atom. The van der Waals surface area contributed by atoms with E-state index in [0.29, 0.717) is 0 Å². The van der Waals surface area contributed by atoms with Gasteiger partial charge in [-0.3, -0.25) is 4.79 Å². The van der Waals surface area contributed by atoms with Crippen LogP contribution < -0.4 is 5.56 Å². The van der Waals surface area contributed by atoms with Gasteiger partial charge in [0.2, 0.25) is 0 Å². The van der Waals surface area contributed by atoms with Gasteiger partial charge in [-0.15, -0.1) is 0 Å². The van der Waals surface area contributed by atoms with Gasteiger partial charge in [0, 0.05) is 12.2 Å². The third kappa shape index (κ3) is 1.94. The Morgan fingerprint density at radius 3 is 2.60 bits per heavy atom. The third-order valence-electron chi connectivity index (χ3n) is 2.93. The van der Waals surface area contributed by atoms with Crippen LogP contribution >= 0.6 is 0 Å². The number of nitriles is 1. The molecule has 0 radical (unpaired) electrons. The maximum atomic E-state index is 11.9. The molecule has 0 N–H and O–H groups in total. The van der Waals surface area contributed by atoms with Crippen LogP contribution in [0.1, 0.15) is 43.0 Å². The number of aromatic nitrogens is 1. The van der Waals surface area contributed by atoms with Gasteiger partial charge >= 0.3 is 0 Å². The number of nitrogens with zero attached hydrogens (tertiary/aromatic N) is 2. The molecule has 1 aromatic heterocycles. The molecule has 1 unspecified atom stereocenters. The molecule has 15 heavy (non-hydrogen) atoms. The molecule has 0 saturated carbocycles. The lowest BCUT2D eigenvalue weighted by atomic mass is 10.1. The lowest BCUT2D eigenvalue weighted by Gasteiger charge is -2.15. The Kier molecular flexibility index (Phi) is 3.31. The lowest BCUT2D eigenvalue weighted by molar-refractivity contribution is 0.511. The van der Waals surface area contributed by atoms with Crippen molar-refractivity contribution in [3.8, 4) is 6.07 Å². The molecule has 0 amide bonds. The minimum Gasteiger partial charge on any atom is -0.311 e. The van der Waals surface area contributed by atoms with Gasteiger partial charge in [-0.05, 0) is 38.3 Å². The predicted molar refractivity (Wildman–Crippen MR) is 59.9 cm³/mol. The SMILES string of the molecule is CCC(C)n1cc(C)c(C)c(C#N)c1=O. The second-order valence-electron chi connectivity index (χ2n) is 3.89. The van der Waals surface area contributed by atoms with E-state index >= 15 is 0 Å². The van der Waals surface area contributed by atoms with E-state index in [1.165, 1.54) is 0 Å². The molecule has 1 heterocycles. The van der Waals surface area contributed by atoms with Gasteiger partial charge in [-0.2, -0.15) is 5.26 Å². The van der Waals surface area contributed by atoms with Gasteiger partial charge in [0.25, 0.3) is 5.56 Å². The first-order chi connectivity index (χ1) is 7.02. The molecule has 1 rings (SSSR count). The molecule has 3 nitrogen and oxygen atoms in total. The van der Waals surface area contributed by atoms with Crippen LogP contribution in [-0.2, 0) is 0 Å². The number of pyridine rings is 1. The van der Waals surface area contributed by atoms with Crippen LogP contribution in [0.2, 0.25) is 0 Å². The summed E-state index contributed by atoms with van der Waals surface area (Å²) in [4.78, 5) is 11.9. The van der Waals surface area contributed by atoms with Crippen LogP contribution in [-0.4, -0.2) is 4.57 Å². The molecule has 0 fully saturated rings. The highest BCUT2D eigenvalue weighted by atomic mass is 16.1. The molecule has 0 aromatic carbocycles. The van der Waals surface area contributed by atoms with Crippen molar-refractivity contribution in [1.29, 1.82) is 5.26 Å². The summed E-state index contributed by atoms with van der Waals surface area (Å²) in [6.45, 7) is 7.75. The van der Waals surface area contributed by atoms with Crippen LogP contribution in [0.15, 0.2) is 11.0 Å². The fourth-order valence-electron chi connectivity index (χ4n) is 1.51. The van der Waals surface area contributed by atoms with Crippen LogP contribution in [0, 0.1) is 25.2 Å². The zero-order chi connectivity index (χ0) is 11.6. The molecule has 1 aromatic rings. The summed E-state index contributed by atoms with van der Waals surface area (Å²) in [6.07, 6.45) is 2.72. The zero-order valence-electron chi connectivity index (χ0n) is 9.66. The Hall–Kier alpha value is -1.56. The van der Waals surface area contributed by atoms with Gasteiger partial charge in [0.05, 0.1) is 0 Å². The van der Waals surface area contributed by atoms with Crippen LogP contribution in [0.25, 0.3) is 0 Å². The summed E-state index contributed by atoms with van der Waals surface area (Å²) < 4.78 is 1.65. The van der Waals surface area contributed by atoms with E-state index in [4.69, 9.17) is 5.26 Å². The summed E-state index contributed by atoms with van der Waals surface area (Å²) in [5.74, 6) is 0. The molecule has 80 valence electrons. The van der Waals surface area contributed by atoms with E-state index in [9.17, 15) is 4.79 Å². The summed E-state index contributed by atoms with van der Waals surface area (Å²) in [5.41, 5.74) is 1.89. The number of rotatable bonds is 2. The summed E-state index contributed by atoms with van der Waals surface area (Å²) in [7, 11) is 0. The molecule has 0 aliphatic heterocycles. The van der Waals surface area contributed by atoms with E-state index in [-0.39, 0.29) is 17.2 Å². The first-order valence-electron chi connectivity index (χ1n) is 5.15. The van der Waals surface area contributed by atoms with Gasteiger partial charge in [-0.1, -0.05) is 6.92 Å².